The minimum Gasteiger partial charge on any atom is -0.390 e. The van der Waals surface area contributed by atoms with Gasteiger partial charge in [-0.2, -0.15) is 13.2 Å². The number of amides is 1. The van der Waals surface area contributed by atoms with Gasteiger partial charge in [0.15, 0.2) is 0 Å². The average molecular weight is 491 g/mol. The fourth-order valence-corrected chi connectivity index (χ4v) is 5.07. The van der Waals surface area contributed by atoms with Crippen molar-refractivity contribution in [2.24, 2.45) is 5.92 Å². The van der Waals surface area contributed by atoms with Crippen LogP contribution in [0.1, 0.15) is 39.2 Å². The molecule has 0 aliphatic carbocycles. The molecule has 2 aromatic rings. The smallest absolute Gasteiger partial charge is 0.390 e. The van der Waals surface area contributed by atoms with E-state index >= 15 is 0 Å². The van der Waals surface area contributed by atoms with Crippen molar-refractivity contribution in [1.29, 1.82) is 0 Å². The molecule has 9 heteroatoms. The molecule has 1 aromatic carbocycles. The Morgan fingerprint density at radius 1 is 1.23 bits per heavy atom. The summed E-state index contributed by atoms with van der Waals surface area (Å²) in [6, 6.07) is 10.0. The molecule has 2 N–H and O–H groups in total. The van der Waals surface area contributed by atoms with Crippen molar-refractivity contribution < 1.29 is 23.1 Å². The van der Waals surface area contributed by atoms with E-state index in [0.29, 0.717) is 43.7 Å². The number of β-amino-alcohol motifs (C(OH)–C–C–N with tert-alkyl or cyclic N) is 1. The number of carbonyl (C=O) groups is 1. The molecule has 1 aromatic heterocycles. The van der Waals surface area contributed by atoms with E-state index in [1.54, 1.807) is 19.2 Å². The van der Waals surface area contributed by atoms with E-state index in [1.807, 2.05) is 12.1 Å². The van der Waals surface area contributed by atoms with E-state index in [9.17, 15) is 23.1 Å². The second-order valence-corrected chi connectivity index (χ2v) is 9.82. The van der Waals surface area contributed by atoms with Crippen molar-refractivity contribution in [1.82, 2.24) is 20.1 Å². The lowest BCUT2D eigenvalue weighted by Crippen LogP contribution is -2.42. The van der Waals surface area contributed by atoms with Crippen LogP contribution < -0.4 is 5.32 Å². The van der Waals surface area contributed by atoms with Gasteiger partial charge in [-0.05, 0) is 61.4 Å². The number of rotatable bonds is 8. The van der Waals surface area contributed by atoms with Crippen LogP contribution in [-0.4, -0.2) is 77.3 Å². The molecule has 4 rings (SSSR count). The molecular weight excluding hydrogens is 457 g/mol. The van der Waals surface area contributed by atoms with Gasteiger partial charge in [-0.25, -0.2) is 0 Å². The molecule has 2 atom stereocenters. The predicted octanol–water partition coefficient (Wildman–Crippen LogP) is 2.97. The van der Waals surface area contributed by atoms with Gasteiger partial charge in [-0.15, -0.1) is 0 Å². The second kappa shape index (κ2) is 11.1. The minimum atomic E-state index is -4.19. The number of alkyl halides is 3. The molecule has 2 aliphatic rings. The molecule has 190 valence electrons. The zero-order valence-corrected chi connectivity index (χ0v) is 20.0. The lowest BCUT2D eigenvalue weighted by atomic mass is 9.99. The van der Waals surface area contributed by atoms with Crippen molar-refractivity contribution in [2.75, 3.05) is 39.3 Å². The fourth-order valence-electron chi connectivity index (χ4n) is 5.07. The van der Waals surface area contributed by atoms with Gasteiger partial charge in [-0.3, -0.25) is 19.6 Å². The minimum absolute atomic E-state index is 0.0833. The van der Waals surface area contributed by atoms with Crippen LogP contribution in [0.5, 0.6) is 0 Å². The van der Waals surface area contributed by atoms with Crippen LogP contribution in [0.2, 0.25) is 0 Å². The fraction of sp³-hybridized carbons (Fsp3) is 0.538. The van der Waals surface area contributed by atoms with Crippen molar-refractivity contribution in [3.63, 3.8) is 0 Å². The number of aliphatic hydroxyl groups is 1. The first kappa shape index (κ1) is 25.6. The Labute approximate surface area is 204 Å². The standard InChI is InChI=1S/C26H33F3N4O2/c1-18-12-30-22(10-19-6-8-33(14-19)17-26(27,28)29)11-24(18)25(35)31-13-23(34)16-32-9-7-20-4-2-3-5-21(20)15-32/h2-5,11-12,19,23,34H,6-10,13-17H2,1H3,(H,31,35)/t19?,23-/m0/s1. The third-order valence-electron chi connectivity index (χ3n) is 6.85. The Morgan fingerprint density at radius 2 is 2.00 bits per heavy atom. The number of benzene rings is 1. The monoisotopic (exact) mass is 490 g/mol. The van der Waals surface area contributed by atoms with Crippen LogP contribution in [0, 0.1) is 12.8 Å². The molecule has 0 radical (unpaired) electrons. The number of aromatic nitrogens is 1. The number of halogens is 3. The lowest BCUT2D eigenvalue weighted by molar-refractivity contribution is -0.143. The van der Waals surface area contributed by atoms with E-state index < -0.39 is 18.8 Å². The van der Waals surface area contributed by atoms with Crippen molar-refractivity contribution in [3.8, 4) is 0 Å². The molecule has 35 heavy (non-hydrogen) atoms. The molecule has 0 bridgehead atoms. The van der Waals surface area contributed by atoms with Gasteiger partial charge in [-0.1, -0.05) is 24.3 Å². The molecule has 1 unspecified atom stereocenters. The Kier molecular flexibility index (Phi) is 8.09. The number of likely N-dealkylation sites (tertiary alicyclic amines) is 1. The summed E-state index contributed by atoms with van der Waals surface area (Å²) in [4.78, 5) is 20.8. The van der Waals surface area contributed by atoms with E-state index in [-0.39, 0.29) is 18.4 Å². The topological polar surface area (TPSA) is 68.7 Å². The molecule has 6 nitrogen and oxygen atoms in total. The van der Waals surface area contributed by atoms with E-state index in [1.165, 1.54) is 16.0 Å². The number of carbonyl (C=O) groups excluding carboxylic acids is 1. The lowest BCUT2D eigenvalue weighted by Gasteiger charge is -2.30. The van der Waals surface area contributed by atoms with E-state index in [4.69, 9.17) is 0 Å². The summed E-state index contributed by atoms with van der Waals surface area (Å²) in [5.74, 6) is -0.195. The van der Waals surface area contributed by atoms with Crippen LogP contribution in [0.25, 0.3) is 0 Å². The van der Waals surface area contributed by atoms with E-state index in [0.717, 1.165) is 25.1 Å². The summed E-state index contributed by atoms with van der Waals surface area (Å²) in [6.07, 6.45) is -1.08. The number of nitrogens with one attached hydrogen (secondary N) is 1. The molecule has 2 aliphatic heterocycles. The maximum Gasteiger partial charge on any atom is 0.401 e. The van der Waals surface area contributed by atoms with Crippen molar-refractivity contribution in [3.05, 3.63) is 64.5 Å². The quantitative estimate of drug-likeness (QED) is 0.596. The summed E-state index contributed by atoms with van der Waals surface area (Å²) < 4.78 is 37.9. The van der Waals surface area contributed by atoms with E-state index in [2.05, 4.69) is 27.3 Å². The third kappa shape index (κ3) is 7.25. The van der Waals surface area contributed by atoms with Crippen molar-refractivity contribution >= 4 is 5.91 Å². The largest absolute Gasteiger partial charge is 0.401 e. The average Bonchev–Trinajstić information content (AvgIpc) is 3.23. The number of nitrogens with zero attached hydrogens (tertiary/aromatic N) is 3. The molecule has 1 amide bonds. The zero-order chi connectivity index (χ0) is 25.0. The molecule has 1 fully saturated rings. The Morgan fingerprint density at radius 3 is 2.77 bits per heavy atom. The van der Waals surface area contributed by atoms with Gasteiger partial charge in [0.05, 0.1) is 12.6 Å². The number of hydrogen-bond donors (Lipinski definition) is 2. The van der Waals surface area contributed by atoms with Crippen LogP contribution in [0.15, 0.2) is 36.5 Å². The normalized spacial score (nSPS) is 20.0. The van der Waals surface area contributed by atoms with Gasteiger partial charge in [0.25, 0.3) is 5.91 Å². The number of fused-ring (bicyclic) bond motifs is 1. The first-order chi connectivity index (χ1) is 16.7. The van der Waals surface area contributed by atoms with Gasteiger partial charge >= 0.3 is 6.18 Å². The number of hydrogen-bond acceptors (Lipinski definition) is 5. The second-order valence-electron chi connectivity index (χ2n) is 9.82. The van der Waals surface area contributed by atoms with Crippen LogP contribution in [0.4, 0.5) is 13.2 Å². The highest BCUT2D eigenvalue weighted by atomic mass is 19.4. The first-order valence-electron chi connectivity index (χ1n) is 12.2. The SMILES string of the molecule is Cc1cnc(CC2CCN(CC(F)(F)F)C2)cc1C(=O)NC[C@H](O)CN1CCc2ccccc2C1. The summed E-state index contributed by atoms with van der Waals surface area (Å²) in [7, 11) is 0. The summed E-state index contributed by atoms with van der Waals surface area (Å²) in [5, 5.41) is 13.3. The van der Waals surface area contributed by atoms with Crippen LogP contribution in [0.3, 0.4) is 0 Å². The highest BCUT2D eigenvalue weighted by Crippen LogP contribution is 2.25. The summed E-state index contributed by atoms with van der Waals surface area (Å²) >= 11 is 0. The van der Waals surface area contributed by atoms with Crippen LogP contribution >= 0.6 is 0 Å². The molecule has 3 heterocycles. The van der Waals surface area contributed by atoms with Crippen molar-refractivity contribution in [2.45, 2.75) is 45.0 Å². The number of aryl methyl sites for hydroxylation is 1. The third-order valence-corrected chi connectivity index (χ3v) is 6.85. The Balaban J connectivity index is 1.26. The first-order valence-corrected chi connectivity index (χ1v) is 12.2. The maximum absolute atomic E-state index is 12.8. The Bertz CT molecular complexity index is 1030. The van der Waals surface area contributed by atoms with Gasteiger partial charge < -0.3 is 10.4 Å². The van der Waals surface area contributed by atoms with Gasteiger partial charge in [0.2, 0.25) is 0 Å². The van der Waals surface area contributed by atoms with Gasteiger partial charge in [0, 0.05) is 50.2 Å². The Hall–Kier alpha value is -2.49. The molecular formula is C26H33F3N4O2. The highest BCUT2D eigenvalue weighted by Gasteiger charge is 2.34. The number of pyridine rings is 1. The molecule has 1 saturated heterocycles. The molecule has 0 spiro atoms. The highest BCUT2D eigenvalue weighted by molar-refractivity contribution is 5.95. The van der Waals surface area contributed by atoms with Crippen LogP contribution in [-0.2, 0) is 19.4 Å². The number of aliphatic hydroxyl groups excluding tert-OH is 1. The summed E-state index contributed by atoms with van der Waals surface area (Å²) in [6.45, 7) is 3.99. The maximum atomic E-state index is 12.8. The predicted molar refractivity (Wildman–Crippen MR) is 127 cm³/mol. The molecule has 0 saturated carbocycles. The summed E-state index contributed by atoms with van der Waals surface area (Å²) in [5.41, 5.74) is 4.53. The van der Waals surface area contributed by atoms with Gasteiger partial charge in [0.1, 0.15) is 0 Å². The zero-order valence-electron chi connectivity index (χ0n) is 20.0.